The Balaban J connectivity index is 1.31. The third-order valence-corrected chi connectivity index (χ3v) is 7.29. The van der Waals surface area contributed by atoms with Gasteiger partial charge < -0.3 is 5.11 Å². The highest BCUT2D eigenvalue weighted by Crippen LogP contribution is 2.35. The fraction of sp³-hybridized carbons (Fsp3) is 0.174. The summed E-state index contributed by atoms with van der Waals surface area (Å²) in [5.74, 6) is -0.262. The third-order valence-electron chi connectivity index (χ3n) is 6.13. The molecule has 2 aliphatic heterocycles. The van der Waals surface area contributed by atoms with Gasteiger partial charge in [0.1, 0.15) is 17.0 Å². The van der Waals surface area contributed by atoms with Crippen LogP contribution in [0.2, 0.25) is 5.02 Å². The lowest BCUT2D eigenvalue weighted by Crippen LogP contribution is -2.28. The van der Waals surface area contributed by atoms with Crippen LogP contribution >= 0.6 is 22.9 Å². The van der Waals surface area contributed by atoms with E-state index in [4.69, 9.17) is 16.6 Å². The number of hydrogen-bond donors (Lipinski definition) is 1. The number of carboxylic acids is 1. The van der Waals surface area contributed by atoms with Gasteiger partial charge in [0, 0.05) is 41.4 Å². The molecule has 35 heavy (non-hydrogen) atoms. The second-order valence-corrected chi connectivity index (χ2v) is 9.54. The summed E-state index contributed by atoms with van der Waals surface area (Å²) >= 11 is 7.44. The Morgan fingerprint density at radius 1 is 1.23 bits per heavy atom. The van der Waals surface area contributed by atoms with Gasteiger partial charge in [-0.25, -0.2) is 9.78 Å². The van der Waals surface area contributed by atoms with Crippen molar-refractivity contribution in [3.05, 3.63) is 79.9 Å². The second kappa shape index (κ2) is 8.36. The molecule has 174 valence electrons. The molecule has 2 aliphatic rings. The summed E-state index contributed by atoms with van der Waals surface area (Å²) < 4.78 is 3.21. The van der Waals surface area contributed by atoms with Crippen molar-refractivity contribution in [2.75, 3.05) is 0 Å². The summed E-state index contributed by atoms with van der Waals surface area (Å²) in [5, 5.41) is 22.9. The first-order valence-electron chi connectivity index (χ1n) is 10.7. The number of carboxylic acid groups (broad SMARTS) is 1. The van der Waals surface area contributed by atoms with Crippen LogP contribution in [0.25, 0.3) is 22.5 Å². The van der Waals surface area contributed by atoms with Crippen molar-refractivity contribution in [1.82, 2.24) is 29.8 Å². The van der Waals surface area contributed by atoms with Gasteiger partial charge in [-0.15, -0.1) is 16.4 Å². The average molecular weight is 506 g/mol. The molecule has 0 aliphatic carbocycles. The van der Waals surface area contributed by atoms with E-state index in [0.29, 0.717) is 47.1 Å². The molecule has 0 bridgehead atoms. The predicted octanol–water partition coefficient (Wildman–Crippen LogP) is 3.67. The van der Waals surface area contributed by atoms with Gasteiger partial charge in [-0.3, -0.25) is 14.4 Å². The van der Waals surface area contributed by atoms with Gasteiger partial charge in [0.15, 0.2) is 0 Å². The smallest absolute Gasteiger partial charge is 0.345 e. The lowest BCUT2D eigenvalue weighted by atomic mass is 10.0. The number of allylic oxidation sites excluding steroid dienone is 1. The molecule has 5 heterocycles. The number of carbonyl (C=O) groups is 1. The summed E-state index contributed by atoms with van der Waals surface area (Å²) in [5.41, 5.74) is 4.31. The number of rotatable bonds is 5. The number of aromatic nitrogens is 6. The molecule has 0 spiro atoms. The third kappa shape index (κ3) is 3.78. The van der Waals surface area contributed by atoms with Crippen molar-refractivity contribution in [2.45, 2.75) is 25.3 Å². The SMILES string of the molecule is O=C(O)c1cc(C2=CN=C([C@@H]3CCc4nc(-c5cc(Cl)ccc5-n5cnnn5)cc(=O)n43)C2)cs1. The molecular formula is C23H16ClN7O3S. The highest BCUT2D eigenvalue weighted by atomic mass is 35.5. The number of thiophene rings is 1. The van der Waals surface area contributed by atoms with Crippen molar-refractivity contribution in [3.63, 3.8) is 0 Å². The zero-order chi connectivity index (χ0) is 24.1. The maximum Gasteiger partial charge on any atom is 0.345 e. The fourth-order valence-corrected chi connectivity index (χ4v) is 5.47. The first-order chi connectivity index (χ1) is 17.0. The van der Waals surface area contributed by atoms with Crippen LogP contribution in [-0.4, -0.2) is 46.5 Å². The molecule has 4 aromatic rings. The van der Waals surface area contributed by atoms with Crippen LogP contribution in [0, 0.1) is 0 Å². The van der Waals surface area contributed by atoms with Crippen LogP contribution in [0.1, 0.15) is 39.9 Å². The van der Waals surface area contributed by atoms with E-state index in [9.17, 15) is 14.7 Å². The number of fused-ring (bicyclic) bond motifs is 1. The Kier molecular flexibility index (Phi) is 5.15. The maximum atomic E-state index is 13.3. The maximum absolute atomic E-state index is 13.3. The Hall–Kier alpha value is -3.96. The van der Waals surface area contributed by atoms with Crippen molar-refractivity contribution in [3.8, 4) is 16.9 Å². The standard InChI is InChI=1S/C23H16ClN7O3S/c24-14-1-2-18(30-11-26-28-29-30)15(7-14)16-8-22(32)31-19(3-4-21(31)27-16)17-5-12(9-25-17)13-6-20(23(33)34)35-10-13/h1-2,6-11,19H,3-5H2,(H,33,34)/t19-/m0/s1. The number of hydrogen-bond acceptors (Lipinski definition) is 8. The van der Waals surface area contributed by atoms with Crippen molar-refractivity contribution >= 4 is 40.2 Å². The van der Waals surface area contributed by atoms with Crippen LogP contribution < -0.4 is 5.56 Å². The summed E-state index contributed by atoms with van der Waals surface area (Å²) in [6.07, 6.45) is 5.14. The number of nitrogens with zero attached hydrogens (tertiary/aromatic N) is 7. The largest absolute Gasteiger partial charge is 0.477 e. The number of aryl methyl sites for hydroxylation is 1. The molecule has 0 fully saturated rings. The van der Waals surface area contributed by atoms with Crippen LogP contribution in [0.5, 0.6) is 0 Å². The lowest BCUT2D eigenvalue weighted by molar-refractivity contribution is 0.0702. The highest BCUT2D eigenvalue weighted by molar-refractivity contribution is 7.12. The molecule has 10 nitrogen and oxygen atoms in total. The minimum atomic E-state index is -0.943. The molecule has 12 heteroatoms. The van der Waals surface area contributed by atoms with Gasteiger partial charge in [0.25, 0.3) is 5.56 Å². The van der Waals surface area contributed by atoms with E-state index in [2.05, 4.69) is 20.5 Å². The van der Waals surface area contributed by atoms with Gasteiger partial charge >= 0.3 is 5.97 Å². The lowest BCUT2D eigenvalue weighted by Gasteiger charge is -2.16. The normalized spacial score (nSPS) is 16.8. The summed E-state index contributed by atoms with van der Waals surface area (Å²) in [6.45, 7) is 0. The first kappa shape index (κ1) is 21.6. The quantitative estimate of drug-likeness (QED) is 0.438. The van der Waals surface area contributed by atoms with E-state index in [1.54, 1.807) is 35.0 Å². The van der Waals surface area contributed by atoms with E-state index < -0.39 is 5.97 Å². The van der Waals surface area contributed by atoms with Crippen LogP contribution in [0.3, 0.4) is 0 Å². The molecule has 0 unspecified atom stereocenters. The topological polar surface area (TPSA) is 128 Å². The van der Waals surface area contributed by atoms with E-state index in [-0.39, 0.29) is 16.5 Å². The van der Waals surface area contributed by atoms with Crippen molar-refractivity contribution in [1.29, 1.82) is 0 Å². The van der Waals surface area contributed by atoms with Crippen LogP contribution in [-0.2, 0) is 6.42 Å². The Bertz CT molecular complexity index is 1600. The van der Waals surface area contributed by atoms with Gasteiger partial charge in [0.2, 0.25) is 0 Å². The predicted molar refractivity (Wildman–Crippen MR) is 130 cm³/mol. The summed E-state index contributed by atoms with van der Waals surface area (Å²) in [7, 11) is 0. The Morgan fingerprint density at radius 3 is 2.89 bits per heavy atom. The highest BCUT2D eigenvalue weighted by Gasteiger charge is 2.31. The average Bonchev–Trinajstić information content (AvgIpc) is 3.64. The molecule has 1 aromatic carbocycles. The number of tetrazole rings is 1. The molecule has 6 rings (SSSR count). The molecule has 3 aromatic heterocycles. The molecule has 1 atom stereocenters. The van der Waals surface area contributed by atoms with Gasteiger partial charge in [0.05, 0.1) is 17.4 Å². The number of aliphatic imine (C=N–C) groups is 1. The van der Waals surface area contributed by atoms with Gasteiger partial charge in [-0.2, -0.15) is 4.68 Å². The number of aromatic carboxylic acids is 1. The summed E-state index contributed by atoms with van der Waals surface area (Å²) in [4.78, 5) is 34.2. The van der Waals surface area contributed by atoms with E-state index in [1.165, 1.54) is 28.4 Å². The Labute approximate surface area is 206 Å². The summed E-state index contributed by atoms with van der Waals surface area (Å²) in [6, 6.07) is 8.23. The first-order valence-corrected chi connectivity index (χ1v) is 12.0. The van der Waals surface area contributed by atoms with Crippen molar-refractivity contribution < 1.29 is 9.90 Å². The van der Waals surface area contributed by atoms with Crippen molar-refractivity contribution in [2.24, 2.45) is 4.99 Å². The molecule has 0 saturated carbocycles. The minimum Gasteiger partial charge on any atom is -0.477 e. The molecule has 0 saturated heterocycles. The van der Waals surface area contributed by atoms with Crippen LogP contribution in [0.4, 0.5) is 0 Å². The molecule has 0 amide bonds. The number of benzene rings is 1. The van der Waals surface area contributed by atoms with E-state index in [1.807, 2.05) is 5.38 Å². The van der Waals surface area contributed by atoms with Crippen LogP contribution in [0.15, 0.2) is 58.0 Å². The molecular weight excluding hydrogens is 490 g/mol. The zero-order valence-electron chi connectivity index (χ0n) is 18.0. The number of halogens is 1. The minimum absolute atomic E-state index is 0.171. The van der Waals surface area contributed by atoms with Gasteiger partial charge in [-0.1, -0.05) is 11.6 Å². The van der Waals surface area contributed by atoms with E-state index >= 15 is 0 Å². The molecule has 1 N–H and O–H groups in total. The van der Waals surface area contributed by atoms with E-state index in [0.717, 1.165) is 16.8 Å². The zero-order valence-corrected chi connectivity index (χ0v) is 19.6. The monoisotopic (exact) mass is 505 g/mol. The second-order valence-electron chi connectivity index (χ2n) is 8.19. The Morgan fingerprint density at radius 2 is 2.11 bits per heavy atom. The molecule has 0 radical (unpaired) electrons. The van der Waals surface area contributed by atoms with Gasteiger partial charge in [-0.05, 0) is 57.6 Å². The fourth-order valence-electron chi connectivity index (χ4n) is 4.53.